The molecule has 0 aromatic carbocycles. The summed E-state index contributed by atoms with van der Waals surface area (Å²) in [4.78, 5) is 11.5. The Morgan fingerprint density at radius 2 is 2.00 bits per heavy atom. The van der Waals surface area contributed by atoms with Crippen LogP contribution in [0.4, 0.5) is 4.79 Å². The second-order valence-corrected chi connectivity index (χ2v) is 5.03. The van der Waals surface area contributed by atoms with Crippen molar-refractivity contribution < 1.29 is 14.6 Å². The average molecular weight is 229 g/mol. The smallest absolute Gasteiger partial charge is 0.408 e. The number of carbonyl (C=O) groups excluding carboxylic acids is 1. The molecule has 0 aromatic heterocycles. The fourth-order valence-corrected chi connectivity index (χ4v) is 1.09. The molecule has 2 N–H and O–H groups in total. The van der Waals surface area contributed by atoms with Gasteiger partial charge < -0.3 is 15.2 Å². The second-order valence-electron chi connectivity index (χ2n) is 5.03. The molecule has 16 heavy (non-hydrogen) atoms. The summed E-state index contributed by atoms with van der Waals surface area (Å²) in [6.07, 6.45) is 2.95. The second kappa shape index (κ2) is 6.53. The minimum absolute atomic E-state index is 0.0286. The minimum Gasteiger partial charge on any atom is -0.444 e. The maximum atomic E-state index is 11.5. The molecule has 0 spiro atoms. The van der Waals surface area contributed by atoms with Crippen molar-refractivity contribution in [2.45, 2.75) is 46.3 Å². The number of ether oxygens (including phenoxy) is 1. The molecule has 1 amide bonds. The first-order chi connectivity index (χ1) is 7.26. The molecule has 4 nitrogen and oxygen atoms in total. The Kier molecular flexibility index (Phi) is 6.11. The molecule has 0 aliphatic rings. The molecule has 4 heteroatoms. The zero-order chi connectivity index (χ0) is 12.8. The fraction of sp³-hybridized carbons (Fsp3) is 0.750. The van der Waals surface area contributed by atoms with Crippen LogP contribution in [0.1, 0.15) is 34.6 Å². The topological polar surface area (TPSA) is 58.6 Å². The van der Waals surface area contributed by atoms with Gasteiger partial charge in [-0.2, -0.15) is 0 Å². The SMILES string of the molecule is CC(C)[C@@H](/C=C/CO)NC(=O)OC(C)(C)C. The Morgan fingerprint density at radius 1 is 1.44 bits per heavy atom. The third-order valence-electron chi connectivity index (χ3n) is 1.85. The number of hydrogen-bond donors (Lipinski definition) is 2. The number of carbonyl (C=O) groups is 1. The van der Waals surface area contributed by atoms with E-state index in [1.54, 1.807) is 12.2 Å². The Hall–Kier alpha value is -1.03. The third-order valence-corrected chi connectivity index (χ3v) is 1.85. The van der Waals surface area contributed by atoms with Crippen molar-refractivity contribution in [2.24, 2.45) is 5.92 Å². The van der Waals surface area contributed by atoms with Crippen molar-refractivity contribution in [1.82, 2.24) is 5.32 Å². The third kappa shape index (κ3) is 7.29. The summed E-state index contributed by atoms with van der Waals surface area (Å²) < 4.78 is 5.15. The molecule has 0 heterocycles. The van der Waals surface area contributed by atoms with Gasteiger partial charge in [-0.15, -0.1) is 0 Å². The Bertz CT molecular complexity index is 241. The number of aliphatic hydroxyl groups is 1. The van der Waals surface area contributed by atoms with Crippen LogP contribution >= 0.6 is 0 Å². The highest BCUT2D eigenvalue weighted by atomic mass is 16.6. The highest BCUT2D eigenvalue weighted by Gasteiger charge is 2.19. The normalized spacial score (nSPS) is 14.2. The van der Waals surface area contributed by atoms with Crippen LogP contribution in [0.5, 0.6) is 0 Å². The first-order valence-corrected chi connectivity index (χ1v) is 5.53. The maximum absolute atomic E-state index is 11.5. The monoisotopic (exact) mass is 229 g/mol. The van der Waals surface area contributed by atoms with Gasteiger partial charge in [-0.25, -0.2) is 4.79 Å². The summed E-state index contributed by atoms with van der Waals surface area (Å²) in [5.74, 6) is 0.246. The molecule has 0 rings (SSSR count). The molecule has 0 fully saturated rings. The van der Waals surface area contributed by atoms with Crippen LogP contribution in [0.25, 0.3) is 0 Å². The van der Waals surface area contributed by atoms with Gasteiger partial charge in [0.05, 0.1) is 12.6 Å². The zero-order valence-electron chi connectivity index (χ0n) is 10.8. The molecule has 0 aliphatic carbocycles. The molecule has 1 atom stereocenters. The predicted octanol–water partition coefficient (Wildman–Crippen LogP) is 2.08. The van der Waals surface area contributed by atoms with Crippen molar-refractivity contribution >= 4 is 6.09 Å². The molecule has 0 saturated carbocycles. The first kappa shape index (κ1) is 15.0. The van der Waals surface area contributed by atoms with Gasteiger partial charge in [0.15, 0.2) is 0 Å². The summed E-state index contributed by atoms with van der Waals surface area (Å²) in [7, 11) is 0. The molecule has 0 aliphatic heterocycles. The van der Waals surface area contributed by atoms with Crippen molar-refractivity contribution in [3.05, 3.63) is 12.2 Å². The van der Waals surface area contributed by atoms with Gasteiger partial charge >= 0.3 is 6.09 Å². The van der Waals surface area contributed by atoms with Gasteiger partial charge in [-0.1, -0.05) is 26.0 Å². The Balaban J connectivity index is 4.30. The largest absolute Gasteiger partial charge is 0.444 e. The van der Waals surface area contributed by atoms with E-state index in [-0.39, 0.29) is 18.6 Å². The van der Waals surface area contributed by atoms with Gasteiger partial charge in [-0.3, -0.25) is 0 Å². The van der Waals surface area contributed by atoms with Gasteiger partial charge in [0.2, 0.25) is 0 Å². The minimum atomic E-state index is -0.494. The van der Waals surface area contributed by atoms with Gasteiger partial charge in [0.25, 0.3) is 0 Å². The van der Waals surface area contributed by atoms with E-state index in [2.05, 4.69) is 5.32 Å². The summed E-state index contributed by atoms with van der Waals surface area (Å²) in [6.45, 7) is 9.41. The molecule has 0 bridgehead atoms. The Morgan fingerprint density at radius 3 is 2.38 bits per heavy atom. The lowest BCUT2D eigenvalue weighted by atomic mass is 10.0. The fourth-order valence-electron chi connectivity index (χ4n) is 1.09. The molecule has 94 valence electrons. The van der Waals surface area contributed by atoms with Gasteiger partial charge in [0.1, 0.15) is 5.60 Å². The molecule has 0 radical (unpaired) electrons. The van der Waals surface area contributed by atoms with E-state index in [9.17, 15) is 4.79 Å². The highest BCUT2D eigenvalue weighted by Crippen LogP contribution is 2.09. The van der Waals surface area contributed by atoms with Gasteiger partial charge in [-0.05, 0) is 26.7 Å². The van der Waals surface area contributed by atoms with E-state index in [4.69, 9.17) is 9.84 Å². The summed E-state index contributed by atoms with van der Waals surface area (Å²) >= 11 is 0. The molecular formula is C12H23NO3. The summed E-state index contributed by atoms with van der Waals surface area (Å²) in [5.41, 5.74) is -0.494. The van der Waals surface area contributed by atoms with Crippen LogP contribution in [-0.4, -0.2) is 29.4 Å². The number of aliphatic hydroxyl groups excluding tert-OH is 1. The van der Waals surface area contributed by atoms with E-state index in [1.165, 1.54) is 0 Å². The van der Waals surface area contributed by atoms with Crippen LogP contribution in [0, 0.1) is 5.92 Å². The van der Waals surface area contributed by atoms with E-state index < -0.39 is 11.7 Å². The highest BCUT2D eigenvalue weighted by molar-refractivity contribution is 5.68. The van der Waals surface area contributed by atoms with E-state index in [1.807, 2.05) is 34.6 Å². The van der Waals surface area contributed by atoms with Crippen LogP contribution in [0.3, 0.4) is 0 Å². The van der Waals surface area contributed by atoms with Crippen molar-refractivity contribution in [1.29, 1.82) is 0 Å². The van der Waals surface area contributed by atoms with Crippen LogP contribution in [0.2, 0.25) is 0 Å². The number of hydrogen-bond acceptors (Lipinski definition) is 3. The molecule has 0 unspecified atom stereocenters. The summed E-state index contributed by atoms with van der Waals surface area (Å²) in [6, 6.07) is -0.123. The average Bonchev–Trinajstić information content (AvgIpc) is 2.08. The molecule has 0 saturated heterocycles. The number of nitrogens with one attached hydrogen (secondary N) is 1. The lowest BCUT2D eigenvalue weighted by Crippen LogP contribution is -2.40. The van der Waals surface area contributed by atoms with Crippen LogP contribution < -0.4 is 5.32 Å². The van der Waals surface area contributed by atoms with Gasteiger partial charge in [0, 0.05) is 0 Å². The standard InChI is InChI=1S/C12H23NO3/c1-9(2)10(7-6-8-14)13-11(15)16-12(3,4)5/h6-7,9-10,14H,8H2,1-5H3,(H,13,15)/b7-6+/t10-/m1/s1. The van der Waals surface area contributed by atoms with E-state index >= 15 is 0 Å². The van der Waals surface area contributed by atoms with E-state index in [0.717, 1.165) is 0 Å². The maximum Gasteiger partial charge on any atom is 0.408 e. The van der Waals surface area contributed by atoms with Crippen molar-refractivity contribution in [2.75, 3.05) is 6.61 Å². The quantitative estimate of drug-likeness (QED) is 0.726. The van der Waals surface area contributed by atoms with Crippen molar-refractivity contribution in [3.63, 3.8) is 0 Å². The Labute approximate surface area is 97.7 Å². The van der Waals surface area contributed by atoms with Crippen LogP contribution in [0.15, 0.2) is 12.2 Å². The zero-order valence-corrected chi connectivity index (χ0v) is 10.8. The molecular weight excluding hydrogens is 206 g/mol. The lowest BCUT2D eigenvalue weighted by molar-refractivity contribution is 0.0504. The molecule has 0 aromatic rings. The number of amides is 1. The summed E-state index contributed by atoms with van der Waals surface area (Å²) in [5, 5.41) is 11.4. The first-order valence-electron chi connectivity index (χ1n) is 5.53. The van der Waals surface area contributed by atoms with Crippen LogP contribution in [-0.2, 0) is 4.74 Å². The number of alkyl carbamates (subject to hydrolysis) is 1. The van der Waals surface area contributed by atoms with Crippen molar-refractivity contribution in [3.8, 4) is 0 Å². The predicted molar refractivity (Wildman–Crippen MR) is 64.2 cm³/mol. The lowest BCUT2D eigenvalue weighted by Gasteiger charge is -2.24. The number of rotatable bonds is 4. The van der Waals surface area contributed by atoms with E-state index in [0.29, 0.717) is 0 Å².